The average molecular weight is 397 g/mol. The molecule has 0 saturated carbocycles. The first-order valence-corrected chi connectivity index (χ1v) is 11.2. The molecule has 150 valence electrons. The van der Waals surface area contributed by atoms with Crippen LogP contribution in [0.3, 0.4) is 0 Å². The number of piperidine rings is 1. The van der Waals surface area contributed by atoms with E-state index in [4.69, 9.17) is 15.2 Å². The molecule has 1 saturated heterocycles. The predicted octanol–water partition coefficient (Wildman–Crippen LogP) is 1.60. The molecule has 1 aromatic rings. The molecule has 0 spiro atoms. The van der Waals surface area contributed by atoms with Crippen LogP contribution in [-0.4, -0.2) is 57.3 Å². The number of likely N-dealkylation sites (tertiary alicyclic amines) is 1. The number of hydrogen-bond donors (Lipinski definition) is 1. The van der Waals surface area contributed by atoms with E-state index < -0.39 is 9.84 Å². The van der Waals surface area contributed by atoms with Crippen LogP contribution < -0.4 is 15.2 Å². The van der Waals surface area contributed by atoms with Gasteiger partial charge in [0.1, 0.15) is 0 Å². The Balaban J connectivity index is 1.63. The summed E-state index contributed by atoms with van der Waals surface area (Å²) in [4.78, 5) is 14.4. The second kappa shape index (κ2) is 8.48. The van der Waals surface area contributed by atoms with E-state index in [0.717, 1.165) is 19.3 Å². The van der Waals surface area contributed by atoms with Gasteiger partial charge in [0.15, 0.2) is 21.3 Å². The molecule has 7 nitrogen and oxygen atoms in total. The number of nitrogens with two attached hydrogens (primary N) is 1. The first-order chi connectivity index (χ1) is 12.9. The number of rotatable bonds is 5. The zero-order valence-corrected chi connectivity index (χ0v) is 16.5. The molecule has 1 fully saturated rings. The van der Waals surface area contributed by atoms with Crippen LogP contribution in [-0.2, 0) is 14.6 Å². The standard InChI is InChI=1S/C19H28N2O5S/c1-14(20)15-4-2-8-21(13-15)19(22)7-11-27(23,24)16-5-6-17-18(12-16)26-10-3-9-25-17/h5-6,12,14-15H,2-4,7-11,13,20H2,1H3. The molecular formula is C19H28N2O5S. The van der Waals surface area contributed by atoms with E-state index in [-0.39, 0.29) is 34.9 Å². The number of sulfone groups is 1. The second-order valence-corrected chi connectivity index (χ2v) is 9.44. The normalized spacial score (nSPS) is 21.4. The third kappa shape index (κ3) is 4.93. The lowest BCUT2D eigenvalue weighted by atomic mass is 9.92. The molecule has 2 heterocycles. The summed E-state index contributed by atoms with van der Waals surface area (Å²) in [6.07, 6.45) is 2.65. The predicted molar refractivity (Wildman–Crippen MR) is 102 cm³/mol. The van der Waals surface area contributed by atoms with E-state index >= 15 is 0 Å². The Morgan fingerprint density at radius 2 is 2.00 bits per heavy atom. The maximum absolute atomic E-state index is 12.7. The van der Waals surface area contributed by atoms with Crippen LogP contribution in [0.4, 0.5) is 0 Å². The van der Waals surface area contributed by atoms with E-state index in [1.54, 1.807) is 11.0 Å². The Labute approximate surface area is 160 Å². The lowest BCUT2D eigenvalue weighted by molar-refractivity contribution is -0.132. The van der Waals surface area contributed by atoms with Crippen molar-refractivity contribution in [3.8, 4) is 11.5 Å². The Morgan fingerprint density at radius 1 is 1.26 bits per heavy atom. The fourth-order valence-electron chi connectivity index (χ4n) is 3.50. The maximum atomic E-state index is 12.7. The van der Waals surface area contributed by atoms with Crippen LogP contribution in [0.1, 0.15) is 32.6 Å². The van der Waals surface area contributed by atoms with E-state index in [1.165, 1.54) is 12.1 Å². The quantitative estimate of drug-likeness (QED) is 0.812. The fourth-order valence-corrected chi connectivity index (χ4v) is 4.74. The number of hydrogen-bond acceptors (Lipinski definition) is 6. The molecule has 1 amide bonds. The number of benzene rings is 1. The summed E-state index contributed by atoms with van der Waals surface area (Å²) < 4.78 is 36.4. The molecule has 1 aromatic carbocycles. The molecule has 0 radical (unpaired) electrons. The number of fused-ring (bicyclic) bond motifs is 1. The molecule has 0 aliphatic carbocycles. The van der Waals surface area contributed by atoms with Gasteiger partial charge in [0.05, 0.1) is 23.9 Å². The summed E-state index contributed by atoms with van der Waals surface area (Å²) in [5.74, 6) is 0.929. The maximum Gasteiger partial charge on any atom is 0.223 e. The molecule has 2 aliphatic heterocycles. The third-order valence-electron chi connectivity index (χ3n) is 5.22. The minimum atomic E-state index is -3.58. The molecule has 8 heteroatoms. The van der Waals surface area contributed by atoms with E-state index in [1.807, 2.05) is 6.92 Å². The highest BCUT2D eigenvalue weighted by Gasteiger charge is 2.27. The van der Waals surface area contributed by atoms with Crippen molar-refractivity contribution in [3.05, 3.63) is 18.2 Å². The summed E-state index contributed by atoms with van der Waals surface area (Å²) in [5.41, 5.74) is 5.96. The Morgan fingerprint density at radius 3 is 2.74 bits per heavy atom. The van der Waals surface area contributed by atoms with Gasteiger partial charge < -0.3 is 20.1 Å². The SMILES string of the molecule is CC(N)C1CCCN(C(=O)CCS(=O)(=O)c2ccc3c(c2)OCCCO3)C1. The van der Waals surface area contributed by atoms with Gasteiger partial charge in [0, 0.05) is 38.0 Å². The van der Waals surface area contributed by atoms with E-state index in [2.05, 4.69) is 0 Å². The lowest BCUT2D eigenvalue weighted by Gasteiger charge is -2.34. The van der Waals surface area contributed by atoms with Crippen molar-refractivity contribution in [1.29, 1.82) is 0 Å². The largest absolute Gasteiger partial charge is 0.490 e. The molecule has 2 aliphatic rings. The van der Waals surface area contributed by atoms with Gasteiger partial charge in [-0.3, -0.25) is 4.79 Å². The zero-order valence-electron chi connectivity index (χ0n) is 15.7. The number of nitrogens with zero attached hydrogens (tertiary/aromatic N) is 1. The van der Waals surface area contributed by atoms with Gasteiger partial charge in [-0.25, -0.2) is 8.42 Å². The highest BCUT2D eigenvalue weighted by Crippen LogP contribution is 2.32. The van der Waals surface area contributed by atoms with Crippen molar-refractivity contribution in [2.75, 3.05) is 32.1 Å². The fraction of sp³-hybridized carbons (Fsp3) is 0.632. The van der Waals surface area contributed by atoms with Crippen LogP contribution >= 0.6 is 0 Å². The van der Waals surface area contributed by atoms with Crippen LogP contribution in [0.15, 0.2) is 23.1 Å². The van der Waals surface area contributed by atoms with E-state index in [0.29, 0.717) is 37.8 Å². The third-order valence-corrected chi connectivity index (χ3v) is 6.93. The van der Waals surface area contributed by atoms with Crippen molar-refractivity contribution in [2.45, 2.75) is 43.5 Å². The minimum absolute atomic E-state index is 0.0253. The molecular weight excluding hydrogens is 368 g/mol. The summed E-state index contributed by atoms with van der Waals surface area (Å²) in [6.45, 7) is 4.27. The first-order valence-electron chi connectivity index (χ1n) is 9.52. The molecule has 3 rings (SSSR count). The molecule has 2 unspecified atom stereocenters. The van der Waals surface area contributed by atoms with Crippen LogP contribution in [0.5, 0.6) is 11.5 Å². The Hall–Kier alpha value is -1.80. The van der Waals surface area contributed by atoms with Gasteiger partial charge >= 0.3 is 0 Å². The topological polar surface area (TPSA) is 98.9 Å². The number of amides is 1. The van der Waals surface area contributed by atoms with Crippen molar-refractivity contribution in [3.63, 3.8) is 0 Å². The van der Waals surface area contributed by atoms with Crippen molar-refractivity contribution < 1.29 is 22.7 Å². The second-order valence-electron chi connectivity index (χ2n) is 7.33. The van der Waals surface area contributed by atoms with Gasteiger partial charge in [-0.15, -0.1) is 0 Å². The molecule has 2 atom stereocenters. The number of carbonyl (C=O) groups is 1. The Kier molecular flexibility index (Phi) is 6.26. The van der Waals surface area contributed by atoms with E-state index in [9.17, 15) is 13.2 Å². The Bertz CT molecular complexity index is 778. The summed E-state index contributed by atoms with van der Waals surface area (Å²) >= 11 is 0. The molecule has 0 bridgehead atoms. The van der Waals surface area contributed by atoms with Crippen LogP contribution in [0, 0.1) is 5.92 Å². The smallest absolute Gasteiger partial charge is 0.223 e. The summed E-state index contributed by atoms with van der Waals surface area (Å²) in [7, 11) is -3.58. The summed E-state index contributed by atoms with van der Waals surface area (Å²) in [5, 5.41) is 0. The van der Waals surface area contributed by atoms with Gasteiger partial charge in [-0.1, -0.05) is 0 Å². The molecule has 2 N–H and O–H groups in total. The van der Waals surface area contributed by atoms with Crippen molar-refractivity contribution in [2.24, 2.45) is 11.7 Å². The van der Waals surface area contributed by atoms with Crippen LogP contribution in [0.25, 0.3) is 0 Å². The van der Waals surface area contributed by atoms with Gasteiger partial charge in [-0.2, -0.15) is 0 Å². The zero-order chi connectivity index (χ0) is 19.4. The van der Waals surface area contributed by atoms with Gasteiger partial charge in [0.25, 0.3) is 0 Å². The minimum Gasteiger partial charge on any atom is -0.490 e. The number of ether oxygens (including phenoxy) is 2. The lowest BCUT2D eigenvalue weighted by Crippen LogP contribution is -2.45. The highest BCUT2D eigenvalue weighted by molar-refractivity contribution is 7.91. The average Bonchev–Trinajstić information content (AvgIpc) is 2.91. The first kappa shape index (κ1) is 19.9. The number of carbonyl (C=O) groups excluding carboxylic acids is 1. The summed E-state index contributed by atoms with van der Waals surface area (Å²) in [6, 6.07) is 4.66. The highest BCUT2D eigenvalue weighted by atomic mass is 32.2. The van der Waals surface area contributed by atoms with Crippen molar-refractivity contribution >= 4 is 15.7 Å². The van der Waals surface area contributed by atoms with Gasteiger partial charge in [0.2, 0.25) is 5.91 Å². The molecule has 27 heavy (non-hydrogen) atoms. The molecule has 0 aromatic heterocycles. The van der Waals surface area contributed by atoms with Crippen molar-refractivity contribution in [1.82, 2.24) is 4.90 Å². The van der Waals surface area contributed by atoms with Crippen LogP contribution in [0.2, 0.25) is 0 Å². The van der Waals surface area contributed by atoms with Gasteiger partial charge in [-0.05, 0) is 37.8 Å². The monoisotopic (exact) mass is 396 g/mol.